The van der Waals surface area contributed by atoms with Gasteiger partial charge in [0.15, 0.2) is 0 Å². The number of hydrogen-bond acceptors (Lipinski definition) is 8. The summed E-state index contributed by atoms with van der Waals surface area (Å²) < 4.78 is 7.74. The number of rotatable bonds is 5. The number of para-hydroxylation sites is 1. The Morgan fingerprint density at radius 1 is 1.03 bits per heavy atom. The first-order valence-corrected chi connectivity index (χ1v) is 13.7. The molecule has 3 fully saturated rings. The Morgan fingerprint density at radius 2 is 1.78 bits per heavy atom. The Morgan fingerprint density at radius 3 is 2.54 bits per heavy atom. The van der Waals surface area contributed by atoms with Gasteiger partial charge in [-0.1, -0.05) is 48.2 Å². The fourth-order valence-corrected chi connectivity index (χ4v) is 6.31. The molecule has 0 bridgehead atoms. The number of aromatic nitrogens is 2. The number of anilines is 2. The second-order valence-corrected chi connectivity index (χ2v) is 11.0. The van der Waals surface area contributed by atoms with Crippen LogP contribution in [0, 0.1) is 0 Å². The van der Waals surface area contributed by atoms with Crippen molar-refractivity contribution in [2.24, 2.45) is 0 Å². The number of thioether (sulfide) groups is 1. The van der Waals surface area contributed by atoms with E-state index in [2.05, 4.69) is 21.9 Å². The van der Waals surface area contributed by atoms with Crippen LogP contribution in [0.5, 0.6) is 0 Å². The molecule has 0 spiro atoms. The zero-order chi connectivity index (χ0) is 25.4. The summed E-state index contributed by atoms with van der Waals surface area (Å²) in [6, 6.07) is 15.8. The second kappa shape index (κ2) is 10.3. The highest BCUT2D eigenvalue weighted by molar-refractivity contribution is 8.26. The lowest BCUT2D eigenvalue weighted by atomic mass is 10.2. The van der Waals surface area contributed by atoms with Crippen LogP contribution in [-0.4, -0.2) is 69.9 Å². The van der Waals surface area contributed by atoms with Gasteiger partial charge in [-0.3, -0.25) is 18.9 Å². The Labute approximate surface area is 224 Å². The molecule has 1 aromatic carbocycles. The number of piperazine rings is 1. The molecule has 0 N–H and O–H groups in total. The normalized spacial score (nSPS) is 21.6. The van der Waals surface area contributed by atoms with Crippen molar-refractivity contribution in [3.63, 3.8) is 0 Å². The minimum Gasteiger partial charge on any atom is -0.376 e. The second-order valence-electron chi connectivity index (χ2n) is 9.32. The standard InChI is InChI=1S/C27H27N5O3S2/c33-25-21(17-22-26(34)32(27(36)37-22)18-20-9-6-16-35-20)24(28-23-10-4-5-11-31(23)25)30-14-12-29(13-15-30)19-7-2-1-3-8-19/h1-5,7-8,10-11,17,20H,6,9,12-16,18H2/b22-17-/t20-/m0/s1. The molecule has 5 heterocycles. The van der Waals surface area contributed by atoms with Crippen LogP contribution in [0.4, 0.5) is 11.5 Å². The highest BCUT2D eigenvalue weighted by atomic mass is 32.2. The quantitative estimate of drug-likeness (QED) is 0.365. The summed E-state index contributed by atoms with van der Waals surface area (Å²) in [4.78, 5) is 38.4. The van der Waals surface area contributed by atoms with Gasteiger partial charge in [0, 0.05) is 44.7 Å². The summed E-state index contributed by atoms with van der Waals surface area (Å²) in [6.45, 7) is 4.21. The third-order valence-corrected chi connectivity index (χ3v) is 8.39. The number of carbonyl (C=O) groups excluding carboxylic acids is 1. The molecule has 0 aliphatic carbocycles. The molecule has 37 heavy (non-hydrogen) atoms. The number of thiocarbonyl (C=S) groups is 1. The lowest BCUT2D eigenvalue weighted by Crippen LogP contribution is -2.47. The fraction of sp³-hybridized carbons (Fsp3) is 0.333. The van der Waals surface area contributed by atoms with E-state index in [9.17, 15) is 9.59 Å². The van der Waals surface area contributed by atoms with Crippen molar-refractivity contribution in [3.05, 3.63) is 75.6 Å². The van der Waals surface area contributed by atoms with Crippen molar-refractivity contribution in [1.82, 2.24) is 14.3 Å². The molecular formula is C27H27N5O3S2. The van der Waals surface area contributed by atoms with Crippen molar-refractivity contribution in [2.45, 2.75) is 18.9 Å². The predicted octanol–water partition coefficient (Wildman–Crippen LogP) is 3.40. The Hall–Kier alpha value is -3.21. The van der Waals surface area contributed by atoms with Gasteiger partial charge in [-0.25, -0.2) is 4.98 Å². The molecule has 190 valence electrons. The Balaban J connectivity index is 1.33. The lowest BCUT2D eigenvalue weighted by Gasteiger charge is -2.37. The van der Waals surface area contributed by atoms with E-state index in [1.54, 1.807) is 23.2 Å². The molecule has 0 unspecified atom stereocenters. The number of pyridine rings is 1. The fourth-order valence-electron chi connectivity index (χ4n) is 5.05. The van der Waals surface area contributed by atoms with Gasteiger partial charge in [0.05, 0.1) is 23.1 Å². The molecule has 0 saturated carbocycles. The smallest absolute Gasteiger partial charge is 0.267 e. The van der Waals surface area contributed by atoms with Gasteiger partial charge in [0.2, 0.25) is 0 Å². The molecule has 1 atom stereocenters. The van der Waals surface area contributed by atoms with E-state index in [-0.39, 0.29) is 17.6 Å². The van der Waals surface area contributed by atoms with Gasteiger partial charge in [-0.05, 0) is 43.2 Å². The highest BCUT2D eigenvalue weighted by Gasteiger charge is 2.35. The zero-order valence-corrected chi connectivity index (χ0v) is 21.9. The van der Waals surface area contributed by atoms with Gasteiger partial charge in [-0.15, -0.1) is 0 Å². The molecular weight excluding hydrogens is 506 g/mol. The van der Waals surface area contributed by atoms with E-state index in [0.717, 1.165) is 32.5 Å². The van der Waals surface area contributed by atoms with Crippen LogP contribution >= 0.6 is 24.0 Å². The maximum atomic E-state index is 13.7. The Bertz CT molecular complexity index is 1430. The van der Waals surface area contributed by atoms with E-state index in [0.29, 0.717) is 45.9 Å². The van der Waals surface area contributed by atoms with Crippen LogP contribution in [-0.2, 0) is 9.53 Å². The number of amides is 1. The van der Waals surface area contributed by atoms with Crippen LogP contribution in [0.15, 0.2) is 64.4 Å². The molecule has 2 aromatic heterocycles. The van der Waals surface area contributed by atoms with Gasteiger partial charge in [0.25, 0.3) is 11.5 Å². The summed E-state index contributed by atoms with van der Waals surface area (Å²) in [5.41, 5.74) is 1.98. The van der Waals surface area contributed by atoms with Crippen molar-refractivity contribution >= 4 is 57.4 Å². The van der Waals surface area contributed by atoms with E-state index >= 15 is 0 Å². The van der Waals surface area contributed by atoms with Gasteiger partial charge in [-0.2, -0.15) is 0 Å². The maximum absolute atomic E-state index is 13.7. The predicted molar refractivity (Wildman–Crippen MR) is 151 cm³/mol. The minimum atomic E-state index is -0.199. The van der Waals surface area contributed by atoms with Crippen LogP contribution in [0.3, 0.4) is 0 Å². The first-order chi connectivity index (χ1) is 18.1. The maximum Gasteiger partial charge on any atom is 0.267 e. The molecule has 3 aliphatic rings. The van der Waals surface area contributed by atoms with Gasteiger partial charge < -0.3 is 14.5 Å². The van der Waals surface area contributed by atoms with E-state index < -0.39 is 0 Å². The lowest BCUT2D eigenvalue weighted by molar-refractivity contribution is -0.123. The van der Waals surface area contributed by atoms with Crippen LogP contribution in [0.25, 0.3) is 11.7 Å². The zero-order valence-electron chi connectivity index (χ0n) is 20.3. The van der Waals surface area contributed by atoms with Crippen LogP contribution in [0.2, 0.25) is 0 Å². The van der Waals surface area contributed by atoms with Gasteiger partial charge in [0.1, 0.15) is 15.8 Å². The average Bonchev–Trinajstić information content (AvgIpc) is 3.55. The third-order valence-electron chi connectivity index (χ3n) is 7.01. The monoisotopic (exact) mass is 533 g/mol. The third kappa shape index (κ3) is 4.76. The first-order valence-electron chi connectivity index (χ1n) is 12.5. The summed E-state index contributed by atoms with van der Waals surface area (Å²) in [6.07, 6.45) is 5.32. The van der Waals surface area contributed by atoms with E-state index in [1.165, 1.54) is 21.8 Å². The summed E-state index contributed by atoms with van der Waals surface area (Å²) in [5.74, 6) is 0.427. The molecule has 1 amide bonds. The Kier molecular flexibility index (Phi) is 6.71. The van der Waals surface area contributed by atoms with E-state index in [4.69, 9.17) is 21.9 Å². The SMILES string of the molecule is O=C1/C(=C/c2c(N3CCN(c4ccccc4)CC3)nc3ccccn3c2=O)SC(=S)N1C[C@@H]1CCCO1. The van der Waals surface area contributed by atoms with Gasteiger partial charge >= 0.3 is 0 Å². The average molecular weight is 534 g/mol. The summed E-state index contributed by atoms with van der Waals surface area (Å²) in [5, 5.41) is 0. The topological polar surface area (TPSA) is 70.4 Å². The number of ether oxygens (including phenoxy) is 1. The number of hydrogen-bond donors (Lipinski definition) is 0. The first kappa shape index (κ1) is 24.1. The molecule has 6 rings (SSSR count). The molecule has 10 heteroatoms. The molecule has 3 saturated heterocycles. The number of nitrogens with zero attached hydrogens (tertiary/aromatic N) is 5. The summed E-state index contributed by atoms with van der Waals surface area (Å²) in [7, 11) is 0. The molecule has 3 aliphatic heterocycles. The summed E-state index contributed by atoms with van der Waals surface area (Å²) >= 11 is 6.77. The molecule has 0 radical (unpaired) electrons. The number of carbonyl (C=O) groups is 1. The minimum absolute atomic E-state index is 0.00582. The van der Waals surface area contributed by atoms with Crippen molar-refractivity contribution < 1.29 is 9.53 Å². The number of benzene rings is 1. The molecule has 8 nitrogen and oxygen atoms in total. The molecule has 3 aromatic rings. The van der Waals surface area contributed by atoms with Crippen molar-refractivity contribution in [3.8, 4) is 0 Å². The van der Waals surface area contributed by atoms with Crippen LogP contribution in [0.1, 0.15) is 18.4 Å². The highest BCUT2D eigenvalue weighted by Crippen LogP contribution is 2.34. The van der Waals surface area contributed by atoms with Crippen molar-refractivity contribution in [1.29, 1.82) is 0 Å². The van der Waals surface area contributed by atoms with Crippen molar-refractivity contribution in [2.75, 3.05) is 49.1 Å². The van der Waals surface area contributed by atoms with E-state index in [1.807, 2.05) is 30.3 Å². The number of fused-ring (bicyclic) bond motifs is 1. The largest absolute Gasteiger partial charge is 0.376 e. The van der Waals surface area contributed by atoms with Crippen LogP contribution < -0.4 is 15.4 Å².